The smallest absolute Gasteiger partial charge is 0.125 e. The summed E-state index contributed by atoms with van der Waals surface area (Å²) >= 11 is 0. The lowest BCUT2D eigenvalue weighted by Crippen LogP contribution is -2.13. The molecule has 0 saturated heterocycles. The number of hydrogen-bond donors (Lipinski definition) is 1. The minimum atomic E-state index is -0.249. The molecular weight excluding hydrogens is 241 g/mol. The van der Waals surface area contributed by atoms with Crippen molar-refractivity contribution < 1.29 is 4.39 Å². The molecule has 0 aliphatic carbocycles. The van der Waals surface area contributed by atoms with Gasteiger partial charge in [0.2, 0.25) is 0 Å². The lowest BCUT2D eigenvalue weighted by Gasteiger charge is -2.20. The number of nitrogens with zero attached hydrogens (tertiary/aromatic N) is 2. The van der Waals surface area contributed by atoms with E-state index < -0.39 is 0 Å². The van der Waals surface area contributed by atoms with Crippen molar-refractivity contribution in [1.29, 1.82) is 5.26 Å². The summed E-state index contributed by atoms with van der Waals surface area (Å²) < 4.78 is 13.4. The van der Waals surface area contributed by atoms with Crippen LogP contribution in [0.1, 0.15) is 11.1 Å². The summed E-state index contributed by atoms with van der Waals surface area (Å²) in [5, 5.41) is 9.02. The molecule has 0 unspecified atom stereocenters. The van der Waals surface area contributed by atoms with Crippen molar-refractivity contribution in [2.24, 2.45) is 0 Å². The Hall–Kier alpha value is -2.54. The molecule has 2 N–H and O–H groups in total. The number of nitrogen functional groups attached to an aromatic ring is 1. The molecule has 3 rings (SSSR count). The Kier molecular flexibility index (Phi) is 2.60. The first-order valence-corrected chi connectivity index (χ1v) is 6.04. The third-order valence-corrected chi connectivity index (χ3v) is 3.41. The Morgan fingerprint density at radius 1 is 1.21 bits per heavy atom. The summed E-state index contributed by atoms with van der Waals surface area (Å²) in [6.45, 7) is 0.785. The molecule has 0 fully saturated rings. The number of rotatable bonds is 1. The number of fused-ring (bicyclic) bond motifs is 1. The van der Waals surface area contributed by atoms with Gasteiger partial charge in [-0.1, -0.05) is 6.07 Å². The minimum Gasteiger partial charge on any atom is -0.398 e. The van der Waals surface area contributed by atoms with Crippen molar-refractivity contribution in [2.75, 3.05) is 17.2 Å². The van der Waals surface area contributed by atoms with E-state index in [-0.39, 0.29) is 5.82 Å². The monoisotopic (exact) mass is 253 g/mol. The van der Waals surface area contributed by atoms with Gasteiger partial charge >= 0.3 is 0 Å². The fraction of sp³-hybridized carbons (Fsp3) is 0.133. The van der Waals surface area contributed by atoms with Crippen molar-refractivity contribution in [1.82, 2.24) is 0 Å². The van der Waals surface area contributed by atoms with Gasteiger partial charge in [-0.15, -0.1) is 0 Å². The lowest BCUT2D eigenvalue weighted by molar-refractivity contribution is 0.628. The van der Waals surface area contributed by atoms with Crippen LogP contribution in [-0.2, 0) is 6.42 Å². The largest absolute Gasteiger partial charge is 0.398 e. The third kappa shape index (κ3) is 1.89. The number of hydrogen-bond acceptors (Lipinski definition) is 3. The molecule has 0 amide bonds. The van der Waals surface area contributed by atoms with E-state index in [1.165, 1.54) is 12.1 Å². The molecule has 0 bridgehead atoms. The molecule has 0 aromatic heterocycles. The fourth-order valence-electron chi connectivity index (χ4n) is 2.43. The van der Waals surface area contributed by atoms with Gasteiger partial charge in [0, 0.05) is 23.6 Å². The molecule has 3 nitrogen and oxygen atoms in total. The lowest BCUT2D eigenvalue weighted by atomic mass is 10.1. The summed E-state index contributed by atoms with van der Waals surface area (Å²) in [6.07, 6.45) is 0.877. The van der Waals surface area contributed by atoms with Crippen molar-refractivity contribution >= 4 is 17.1 Å². The molecule has 1 aliphatic rings. The summed E-state index contributed by atoms with van der Waals surface area (Å²) in [5.41, 5.74) is 9.49. The summed E-state index contributed by atoms with van der Waals surface area (Å²) in [5.74, 6) is -0.249. The van der Waals surface area contributed by atoms with Crippen LogP contribution in [-0.4, -0.2) is 6.54 Å². The number of halogens is 1. The van der Waals surface area contributed by atoms with Crippen molar-refractivity contribution in [3.63, 3.8) is 0 Å². The van der Waals surface area contributed by atoms with Crippen LogP contribution in [0.2, 0.25) is 0 Å². The number of benzene rings is 2. The minimum absolute atomic E-state index is 0.249. The highest BCUT2D eigenvalue weighted by Crippen LogP contribution is 2.35. The maximum atomic E-state index is 13.4. The van der Waals surface area contributed by atoms with Crippen molar-refractivity contribution in [2.45, 2.75) is 6.42 Å². The normalized spacial score (nSPS) is 13.2. The SMILES string of the molecule is N#Cc1cc(N2CCc3ccc(F)cc32)ccc1N. The highest BCUT2D eigenvalue weighted by molar-refractivity contribution is 5.73. The molecular formula is C15H12FN3. The van der Waals surface area contributed by atoms with Crippen LogP contribution in [0, 0.1) is 17.1 Å². The zero-order chi connectivity index (χ0) is 13.4. The van der Waals surface area contributed by atoms with Gasteiger partial charge < -0.3 is 10.6 Å². The van der Waals surface area contributed by atoms with E-state index in [1.807, 2.05) is 17.0 Å². The predicted octanol–water partition coefficient (Wildman–Crippen LogP) is 2.97. The second-order valence-electron chi connectivity index (χ2n) is 4.56. The standard InChI is InChI=1S/C15H12FN3/c16-12-2-1-10-5-6-19(15(10)8-12)13-3-4-14(18)11(7-13)9-17/h1-4,7-8H,5-6,18H2. The van der Waals surface area contributed by atoms with Crippen LogP contribution in [0.3, 0.4) is 0 Å². The van der Waals surface area contributed by atoms with Gasteiger partial charge in [-0.2, -0.15) is 5.26 Å². The Morgan fingerprint density at radius 3 is 2.84 bits per heavy atom. The molecule has 0 spiro atoms. The average molecular weight is 253 g/mol. The topological polar surface area (TPSA) is 53.0 Å². The summed E-state index contributed by atoms with van der Waals surface area (Å²) in [6, 6.07) is 12.2. The van der Waals surface area contributed by atoms with E-state index in [4.69, 9.17) is 11.0 Å². The molecule has 2 aromatic carbocycles. The van der Waals surface area contributed by atoms with E-state index in [0.29, 0.717) is 11.3 Å². The maximum Gasteiger partial charge on any atom is 0.125 e. The highest BCUT2D eigenvalue weighted by atomic mass is 19.1. The predicted molar refractivity (Wildman–Crippen MR) is 72.7 cm³/mol. The van der Waals surface area contributed by atoms with Gasteiger partial charge in [0.25, 0.3) is 0 Å². The summed E-state index contributed by atoms with van der Waals surface area (Å²) in [4.78, 5) is 2.01. The van der Waals surface area contributed by atoms with Crippen LogP contribution < -0.4 is 10.6 Å². The van der Waals surface area contributed by atoms with Gasteiger partial charge in [-0.05, 0) is 42.3 Å². The van der Waals surface area contributed by atoms with Crippen molar-refractivity contribution in [3.05, 3.63) is 53.3 Å². The first-order chi connectivity index (χ1) is 9.19. The van der Waals surface area contributed by atoms with Crippen molar-refractivity contribution in [3.8, 4) is 6.07 Å². The Bertz CT molecular complexity index is 688. The van der Waals surface area contributed by atoms with E-state index in [9.17, 15) is 4.39 Å². The van der Waals surface area contributed by atoms with Crippen LogP contribution in [0.5, 0.6) is 0 Å². The quantitative estimate of drug-likeness (QED) is 0.795. The molecule has 1 aliphatic heterocycles. The molecule has 0 saturated carbocycles. The Morgan fingerprint density at radius 2 is 2.05 bits per heavy atom. The molecule has 2 aromatic rings. The number of nitrogens with two attached hydrogens (primary N) is 1. The maximum absolute atomic E-state index is 13.4. The second kappa shape index (κ2) is 4.29. The van der Waals surface area contributed by atoms with Crippen LogP contribution >= 0.6 is 0 Å². The van der Waals surface area contributed by atoms with Gasteiger partial charge in [0.05, 0.1) is 5.56 Å². The van der Waals surface area contributed by atoms with E-state index in [0.717, 1.165) is 29.9 Å². The van der Waals surface area contributed by atoms with Crippen LogP contribution in [0.25, 0.3) is 0 Å². The van der Waals surface area contributed by atoms with E-state index in [2.05, 4.69) is 6.07 Å². The summed E-state index contributed by atoms with van der Waals surface area (Å²) in [7, 11) is 0. The van der Waals surface area contributed by atoms with Crippen LogP contribution in [0.15, 0.2) is 36.4 Å². The zero-order valence-electron chi connectivity index (χ0n) is 10.2. The molecule has 4 heteroatoms. The van der Waals surface area contributed by atoms with Gasteiger partial charge in [-0.25, -0.2) is 4.39 Å². The fourth-order valence-corrected chi connectivity index (χ4v) is 2.43. The third-order valence-electron chi connectivity index (χ3n) is 3.41. The van der Waals surface area contributed by atoms with E-state index in [1.54, 1.807) is 12.1 Å². The second-order valence-corrected chi connectivity index (χ2v) is 4.56. The Labute approximate surface area is 110 Å². The van der Waals surface area contributed by atoms with Gasteiger partial charge in [0.1, 0.15) is 11.9 Å². The molecule has 94 valence electrons. The first kappa shape index (κ1) is 11.5. The Balaban J connectivity index is 2.07. The van der Waals surface area contributed by atoms with Gasteiger partial charge in [-0.3, -0.25) is 0 Å². The molecule has 0 radical (unpaired) electrons. The van der Waals surface area contributed by atoms with Gasteiger partial charge in [0.15, 0.2) is 0 Å². The molecule has 1 heterocycles. The highest BCUT2D eigenvalue weighted by Gasteiger charge is 2.21. The first-order valence-electron chi connectivity index (χ1n) is 6.04. The molecule has 0 atom stereocenters. The number of anilines is 3. The molecule has 19 heavy (non-hydrogen) atoms. The number of nitriles is 1. The average Bonchev–Trinajstić information content (AvgIpc) is 2.82. The van der Waals surface area contributed by atoms with Crippen LogP contribution in [0.4, 0.5) is 21.5 Å². The zero-order valence-corrected chi connectivity index (χ0v) is 10.2. The van der Waals surface area contributed by atoms with E-state index >= 15 is 0 Å².